The van der Waals surface area contributed by atoms with Crippen molar-refractivity contribution in [1.29, 1.82) is 0 Å². The van der Waals surface area contributed by atoms with Crippen LogP contribution in [0.25, 0.3) is 0 Å². The summed E-state index contributed by atoms with van der Waals surface area (Å²) in [6.45, 7) is 5.31. The molecule has 0 N–H and O–H groups in total. The van der Waals surface area contributed by atoms with Crippen molar-refractivity contribution in [3.63, 3.8) is 0 Å². The Morgan fingerprint density at radius 3 is 2.52 bits per heavy atom. The van der Waals surface area contributed by atoms with Gasteiger partial charge >= 0.3 is 5.97 Å². The van der Waals surface area contributed by atoms with Crippen LogP contribution in [-0.4, -0.2) is 42.9 Å². The first-order valence-corrected chi connectivity index (χ1v) is 11.6. The van der Waals surface area contributed by atoms with Crippen LogP contribution in [0.1, 0.15) is 59.0 Å². The van der Waals surface area contributed by atoms with Gasteiger partial charge in [-0.2, -0.15) is 0 Å². The SMILES string of the molecule is Cc1cc(C(=O)COC(=O)C[C@@H](C)c2ccccc2)c(C)n1[C@@H]1CCS(=O)(=O)C1. The number of benzene rings is 1. The van der Waals surface area contributed by atoms with Crippen molar-refractivity contribution in [3.8, 4) is 0 Å². The lowest BCUT2D eigenvalue weighted by Crippen LogP contribution is -2.17. The number of hydrogen-bond acceptors (Lipinski definition) is 5. The monoisotopic (exact) mass is 417 g/mol. The highest BCUT2D eigenvalue weighted by atomic mass is 32.2. The Labute approximate surface area is 171 Å². The largest absolute Gasteiger partial charge is 0.457 e. The van der Waals surface area contributed by atoms with E-state index in [-0.39, 0.29) is 42.3 Å². The number of Topliss-reactive ketones (excluding diaryl/α,β-unsaturated/α-hetero) is 1. The highest BCUT2D eigenvalue weighted by Crippen LogP contribution is 2.29. The van der Waals surface area contributed by atoms with Crippen LogP contribution in [0, 0.1) is 13.8 Å². The van der Waals surface area contributed by atoms with Crippen molar-refractivity contribution in [3.05, 3.63) is 58.9 Å². The number of aromatic nitrogens is 1. The summed E-state index contributed by atoms with van der Waals surface area (Å²) < 4.78 is 30.8. The molecule has 1 aliphatic heterocycles. The minimum absolute atomic E-state index is 0.00758. The number of ketones is 1. The fourth-order valence-electron chi connectivity index (χ4n) is 4.03. The van der Waals surface area contributed by atoms with Crippen LogP contribution in [0.2, 0.25) is 0 Å². The number of aryl methyl sites for hydroxylation is 1. The number of sulfone groups is 1. The molecule has 1 aliphatic rings. The number of carbonyl (C=O) groups excluding carboxylic acids is 2. The van der Waals surface area contributed by atoms with Crippen molar-refractivity contribution in [2.75, 3.05) is 18.1 Å². The Morgan fingerprint density at radius 2 is 1.90 bits per heavy atom. The summed E-state index contributed by atoms with van der Waals surface area (Å²) in [7, 11) is -3.02. The molecule has 0 aliphatic carbocycles. The van der Waals surface area contributed by atoms with Gasteiger partial charge in [0.15, 0.2) is 16.4 Å². The smallest absolute Gasteiger partial charge is 0.306 e. The van der Waals surface area contributed by atoms with Crippen molar-refractivity contribution in [1.82, 2.24) is 4.57 Å². The first-order valence-electron chi connectivity index (χ1n) is 9.80. The predicted octanol–water partition coefficient (Wildman–Crippen LogP) is 3.38. The second-order valence-corrected chi connectivity index (χ2v) is 10.0. The van der Waals surface area contributed by atoms with E-state index in [1.54, 1.807) is 6.07 Å². The third kappa shape index (κ3) is 4.96. The lowest BCUT2D eigenvalue weighted by molar-refractivity contribution is -0.142. The predicted molar refractivity (Wildman–Crippen MR) is 111 cm³/mol. The molecule has 2 aromatic rings. The zero-order valence-corrected chi connectivity index (χ0v) is 17.9. The van der Waals surface area contributed by atoms with Gasteiger partial charge in [-0.25, -0.2) is 8.42 Å². The zero-order chi connectivity index (χ0) is 21.2. The first kappa shape index (κ1) is 21.3. The molecule has 0 saturated carbocycles. The summed E-state index contributed by atoms with van der Waals surface area (Å²) in [4.78, 5) is 24.8. The van der Waals surface area contributed by atoms with Gasteiger partial charge in [0.1, 0.15) is 0 Å². The molecule has 2 atom stereocenters. The molecule has 156 valence electrons. The average Bonchev–Trinajstić information content (AvgIpc) is 3.18. The van der Waals surface area contributed by atoms with E-state index in [0.29, 0.717) is 12.0 Å². The van der Waals surface area contributed by atoms with Gasteiger partial charge < -0.3 is 9.30 Å². The van der Waals surface area contributed by atoms with Crippen molar-refractivity contribution < 1.29 is 22.7 Å². The van der Waals surface area contributed by atoms with Gasteiger partial charge in [-0.1, -0.05) is 37.3 Å². The Bertz CT molecular complexity index is 1010. The topological polar surface area (TPSA) is 82.4 Å². The fourth-order valence-corrected chi connectivity index (χ4v) is 5.73. The molecule has 2 heterocycles. The van der Waals surface area contributed by atoms with Gasteiger partial charge in [0.2, 0.25) is 5.78 Å². The number of ether oxygens (including phenoxy) is 1. The number of esters is 1. The van der Waals surface area contributed by atoms with Gasteiger partial charge in [0.05, 0.1) is 17.9 Å². The highest BCUT2D eigenvalue weighted by molar-refractivity contribution is 7.91. The molecule has 0 bridgehead atoms. The van der Waals surface area contributed by atoms with E-state index < -0.39 is 15.8 Å². The minimum Gasteiger partial charge on any atom is -0.457 e. The van der Waals surface area contributed by atoms with Crippen LogP contribution in [0.5, 0.6) is 0 Å². The molecule has 1 saturated heterocycles. The summed E-state index contributed by atoms with van der Waals surface area (Å²) in [5, 5.41) is 0. The Hall–Kier alpha value is -2.41. The number of nitrogens with zero attached hydrogens (tertiary/aromatic N) is 1. The molecule has 6 nitrogen and oxygen atoms in total. The highest BCUT2D eigenvalue weighted by Gasteiger charge is 2.31. The van der Waals surface area contributed by atoms with Crippen LogP contribution in [0.4, 0.5) is 0 Å². The third-order valence-corrected chi connectivity index (χ3v) is 7.31. The second kappa shape index (κ2) is 8.53. The lowest BCUT2D eigenvalue weighted by Gasteiger charge is -2.16. The normalized spacial score (nSPS) is 19.1. The van der Waals surface area contributed by atoms with Crippen molar-refractivity contribution in [2.45, 2.75) is 45.6 Å². The Morgan fingerprint density at radius 1 is 1.21 bits per heavy atom. The molecule has 3 rings (SSSR count). The maximum absolute atomic E-state index is 12.6. The van der Waals surface area contributed by atoms with E-state index in [2.05, 4.69) is 0 Å². The van der Waals surface area contributed by atoms with E-state index in [0.717, 1.165) is 17.0 Å². The maximum Gasteiger partial charge on any atom is 0.306 e. The van der Waals surface area contributed by atoms with Crippen molar-refractivity contribution >= 4 is 21.6 Å². The molecule has 7 heteroatoms. The van der Waals surface area contributed by atoms with E-state index in [4.69, 9.17) is 4.74 Å². The van der Waals surface area contributed by atoms with E-state index >= 15 is 0 Å². The molecule has 29 heavy (non-hydrogen) atoms. The van der Waals surface area contributed by atoms with Crippen LogP contribution in [0.3, 0.4) is 0 Å². The molecule has 0 spiro atoms. The fraction of sp³-hybridized carbons (Fsp3) is 0.455. The number of carbonyl (C=O) groups is 2. The quantitative estimate of drug-likeness (QED) is 0.509. The van der Waals surface area contributed by atoms with Gasteiger partial charge in [-0.05, 0) is 37.8 Å². The molecule has 0 unspecified atom stereocenters. The molecule has 1 fully saturated rings. The molecule has 1 aromatic heterocycles. The maximum atomic E-state index is 12.6. The average molecular weight is 418 g/mol. The summed E-state index contributed by atoms with van der Waals surface area (Å²) in [6, 6.07) is 11.3. The van der Waals surface area contributed by atoms with Crippen LogP contribution < -0.4 is 0 Å². The Balaban J connectivity index is 1.61. The van der Waals surface area contributed by atoms with E-state index in [1.807, 2.05) is 55.7 Å². The molecule has 1 aromatic carbocycles. The van der Waals surface area contributed by atoms with Gasteiger partial charge in [0, 0.05) is 23.0 Å². The van der Waals surface area contributed by atoms with E-state index in [1.165, 1.54) is 0 Å². The molecule has 0 amide bonds. The van der Waals surface area contributed by atoms with Crippen LogP contribution >= 0.6 is 0 Å². The van der Waals surface area contributed by atoms with Crippen LogP contribution in [0.15, 0.2) is 36.4 Å². The molecular weight excluding hydrogens is 390 g/mol. The summed E-state index contributed by atoms with van der Waals surface area (Å²) in [5.74, 6) is -0.400. The summed E-state index contributed by atoms with van der Waals surface area (Å²) in [6.07, 6.45) is 0.759. The Kier molecular flexibility index (Phi) is 6.27. The standard InChI is InChI=1S/C22H27NO5S/c1-15(18-7-5-4-6-8-18)11-22(25)28-13-21(24)20-12-16(2)23(17(20)3)19-9-10-29(26,27)14-19/h4-8,12,15,19H,9-11,13-14H2,1-3H3/t15-,19-/m1/s1. The van der Waals surface area contributed by atoms with Gasteiger partial charge in [0.25, 0.3) is 0 Å². The van der Waals surface area contributed by atoms with Gasteiger partial charge in [-0.3, -0.25) is 9.59 Å². The molecule has 0 radical (unpaired) electrons. The van der Waals surface area contributed by atoms with E-state index in [9.17, 15) is 18.0 Å². The minimum atomic E-state index is -3.02. The first-order chi connectivity index (χ1) is 13.7. The third-order valence-electron chi connectivity index (χ3n) is 5.56. The second-order valence-electron chi connectivity index (χ2n) is 7.81. The van der Waals surface area contributed by atoms with Gasteiger partial charge in [-0.15, -0.1) is 0 Å². The van der Waals surface area contributed by atoms with Crippen LogP contribution in [-0.2, 0) is 19.4 Å². The lowest BCUT2D eigenvalue weighted by atomic mass is 9.98. The van der Waals surface area contributed by atoms with Crippen molar-refractivity contribution in [2.24, 2.45) is 0 Å². The summed E-state index contributed by atoms with van der Waals surface area (Å²) >= 11 is 0. The number of rotatable bonds is 7. The summed E-state index contributed by atoms with van der Waals surface area (Å²) in [5.41, 5.74) is 3.10. The molecular formula is C22H27NO5S. The zero-order valence-electron chi connectivity index (χ0n) is 17.1. The number of hydrogen-bond donors (Lipinski definition) is 0.